The van der Waals surface area contributed by atoms with Gasteiger partial charge in [0, 0.05) is 0 Å². The van der Waals surface area contributed by atoms with Gasteiger partial charge >= 0.3 is 204 Å². The molecule has 1 saturated carbocycles. The van der Waals surface area contributed by atoms with Gasteiger partial charge in [-0.15, -0.1) is 0 Å². The molecule has 0 saturated heterocycles. The molecule has 0 aliphatic heterocycles. The molecule has 0 bridgehead atoms. The number of aryl methyl sites for hydroxylation is 1. The van der Waals surface area contributed by atoms with Crippen molar-refractivity contribution >= 4 is 38.9 Å². The first-order chi connectivity index (χ1) is 15.5. The van der Waals surface area contributed by atoms with Gasteiger partial charge in [-0.05, 0) is 0 Å². The second kappa shape index (κ2) is 12.6. The van der Waals surface area contributed by atoms with E-state index in [1.165, 1.54) is 25.7 Å². The number of imidazole rings is 1. The Morgan fingerprint density at radius 2 is 1.97 bits per heavy atom. The Hall–Kier alpha value is -1.52. The van der Waals surface area contributed by atoms with Crippen LogP contribution in [0.25, 0.3) is 0 Å². The summed E-state index contributed by atoms with van der Waals surface area (Å²) in [7, 11) is 0. The summed E-state index contributed by atoms with van der Waals surface area (Å²) in [4.78, 5) is 28.8. The Morgan fingerprint density at radius 1 is 1.25 bits per heavy atom. The van der Waals surface area contributed by atoms with Crippen LogP contribution in [0, 0.1) is 11.8 Å². The molecule has 0 amide bonds. The van der Waals surface area contributed by atoms with Crippen LogP contribution < -0.4 is 0 Å². The summed E-state index contributed by atoms with van der Waals surface area (Å²) in [6.07, 6.45) is 11.2. The molecule has 3 rings (SSSR count). The molecular weight excluding hydrogens is 483 g/mol. The first-order valence-corrected chi connectivity index (χ1v) is 14.9. The average molecular weight is 519 g/mol. The zero-order valence-electron chi connectivity index (χ0n) is 18.9. The number of rotatable bonds is 13. The molecule has 1 aromatic heterocycles. The Kier molecular flexibility index (Phi) is 9.92. The number of aromatic nitrogens is 2. The molecule has 1 heterocycles. The molecule has 2 unspecified atom stereocenters. The quantitative estimate of drug-likeness (QED) is 0.301. The van der Waals surface area contributed by atoms with Crippen LogP contribution in [0.4, 0.5) is 0 Å². The van der Waals surface area contributed by atoms with Crippen LogP contribution in [-0.2, 0) is 23.0 Å². The van der Waals surface area contributed by atoms with Gasteiger partial charge in [0.2, 0.25) is 0 Å². The fourth-order valence-corrected chi connectivity index (χ4v) is 7.57. The Morgan fingerprint density at radius 3 is 2.59 bits per heavy atom. The maximum absolute atomic E-state index is 13.0. The van der Waals surface area contributed by atoms with Crippen molar-refractivity contribution in [3.05, 3.63) is 53.1 Å². The van der Waals surface area contributed by atoms with Gasteiger partial charge < -0.3 is 0 Å². The Labute approximate surface area is 203 Å². The van der Waals surface area contributed by atoms with Crippen LogP contribution >= 0.6 is 12.6 Å². The molecule has 174 valence electrons. The second-order valence-corrected chi connectivity index (χ2v) is 11.7. The van der Waals surface area contributed by atoms with Crippen molar-refractivity contribution in [2.45, 2.75) is 70.0 Å². The number of unbranched alkanes of at least 4 members (excludes halogenated alkanes) is 1. The molecule has 1 aliphatic carbocycles. The number of benzene rings is 1. The third-order valence-corrected chi connectivity index (χ3v) is 9.60. The number of nitrogens with zero attached hydrogens (tertiary/aromatic N) is 2. The molecule has 2 atom stereocenters. The number of aromatic carboxylic acids is 1. The first kappa shape index (κ1) is 25.1. The van der Waals surface area contributed by atoms with Gasteiger partial charge in [-0.2, -0.15) is 0 Å². The number of carbonyl (C=O) groups excluding carboxylic acids is 1. The van der Waals surface area contributed by atoms with Gasteiger partial charge in [0.25, 0.3) is 0 Å². The molecule has 1 N–H and O–H groups in total. The molecule has 0 spiro atoms. The zero-order valence-corrected chi connectivity index (χ0v) is 21.9. The van der Waals surface area contributed by atoms with Gasteiger partial charge in [-0.1, -0.05) is 0 Å². The van der Waals surface area contributed by atoms with Crippen molar-refractivity contribution < 1.29 is 14.7 Å². The van der Waals surface area contributed by atoms with E-state index >= 15 is 0 Å². The van der Waals surface area contributed by atoms with Gasteiger partial charge in [0.1, 0.15) is 0 Å². The van der Waals surface area contributed by atoms with Crippen molar-refractivity contribution in [2.75, 3.05) is 5.75 Å². The molecule has 1 aromatic carbocycles. The predicted molar refractivity (Wildman–Crippen MR) is 133 cm³/mol. The van der Waals surface area contributed by atoms with Crippen LogP contribution in [0.1, 0.15) is 79.3 Å². The fourth-order valence-electron chi connectivity index (χ4n) is 4.49. The minimum absolute atomic E-state index is 0.112. The van der Waals surface area contributed by atoms with Gasteiger partial charge in [0.05, 0.1) is 0 Å². The molecule has 2 aromatic rings. The van der Waals surface area contributed by atoms with Crippen LogP contribution in [0.5, 0.6) is 0 Å². The summed E-state index contributed by atoms with van der Waals surface area (Å²) >= 11 is 3.72. The van der Waals surface area contributed by atoms with Gasteiger partial charge in [-0.25, -0.2) is 0 Å². The first-order valence-electron chi connectivity index (χ1n) is 11.8. The van der Waals surface area contributed by atoms with Gasteiger partial charge in [0.15, 0.2) is 0 Å². The van der Waals surface area contributed by atoms with E-state index in [1.54, 1.807) is 12.1 Å². The van der Waals surface area contributed by atoms with E-state index in [1.807, 2.05) is 18.3 Å². The number of carboxylic acids is 1. The van der Waals surface area contributed by atoms with Crippen molar-refractivity contribution in [2.24, 2.45) is 11.8 Å². The van der Waals surface area contributed by atoms with Crippen LogP contribution in [-0.4, -0.2) is 46.7 Å². The number of carboxylic acid groups (broad SMARTS) is 1. The number of hydrogen-bond acceptors (Lipinski definition) is 4. The van der Waals surface area contributed by atoms with E-state index < -0.39 is 21.7 Å². The standard InChI is InChI=1S/C25H35AsN2O3S/c1-2-3-8-23-27-15-22(28(23)16-19-9-11-20(12-10-19)25(30)31)14-26-24(29)21(17-32)13-18-6-4-5-7-18/h9-12,15,18,21,26,32H,2-8,13-14,16-17H2,1H3,(H,30,31). The average Bonchev–Trinajstić information content (AvgIpc) is 3.44. The normalized spacial score (nSPS) is 15.6. The van der Waals surface area contributed by atoms with E-state index in [-0.39, 0.29) is 5.92 Å². The van der Waals surface area contributed by atoms with E-state index in [4.69, 9.17) is 5.11 Å². The van der Waals surface area contributed by atoms with Crippen molar-refractivity contribution in [3.63, 3.8) is 0 Å². The van der Waals surface area contributed by atoms with Crippen molar-refractivity contribution in [3.8, 4) is 0 Å². The number of thiol groups is 1. The van der Waals surface area contributed by atoms with E-state index in [2.05, 4.69) is 29.1 Å². The molecular formula is C25H35AsN2O3S. The van der Waals surface area contributed by atoms with E-state index in [0.29, 0.717) is 28.3 Å². The molecule has 1 aliphatic rings. The summed E-state index contributed by atoms with van der Waals surface area (Å²) < 4.78 is 2.69. The van der Waals surface area contributed by atoms with Crippen LogP contribution in [0.3, 0.4) is 0 Å². The van der Waals surface area contributed by atoms with Crippen molar-refractivity contribution in [1.82, 2.24) is 9.55 Å². The third kappa shape index (κ3) is 6.99. The number of hydrogen-bond donors (Lipinski definition) is 2. The molecule has 32 heavy (non-hydrogen) atoms. The third-order valence-electron chi connectivity index (χ3n) is 6.44. The van der Waals surface area contributed by atoms with Crippen LogP contribution in [0.15, 0.2) is 30.5 Å². The topological polar surface area (TPSA) is 72.2 Å². The van der Waals surface area contributed by atoms with E-state index in [0.717, 1.165) is 48.0 Å². The maximum atomic E-state index is 13.0. The molecule has 0 radical (unpaired) electrons. The number of carbonyl (C=O) groups is 2. The molecule has 5 nitrogen and oxygen atoms in total. The zero-order chi connectivity index (χ0) is 22.9. The summed E-state index contributed by atoms with van der Waals surface area (Å²) in [6, 6.07) is 7.04. The Bertz CT molecular complexity index is 891. The second-order valence-electron chi connectivity index (χ2n) is 8.84. The Balaban J connectivity index is 1.68. The predicted octanol–water partition coefficient (Wildman–Crippen LogP) is 4.56. The van der Waals surface area contributed by atoms with Crippen LogP contribution in [0.2, 0.25) is 0 Å². The van der Waals surface area contributed by atoms with Gasteiger partial charge in [-0.3, -0.25) is 0 Å². The molecule has 1 fully saturated rings. The molecule has 7 heteroatoms. The monoisotopic (exact) mass is 518 g/mol. The van der Waals surface area contributed by atoms with Crippen molar-refractivity contribution in [1.29, 1.82) is 0 Å². The summed E-state index contributed by atoms with van der Waals surface area (Å²) in [6.45, 7) is 2.83. The van der Waals surface area contributed by atoms with E-state index in [9.17, 15) is 9.59 Å². The minimum atomic E-state index is -0.913. The SMILES string of the molecule is CCCCc1ncc(C[AsH]C(=O)C(CS)CC2CCCC2)n1Cc1ccc(C(=O)O)cc1. The summed E-state index contributed by atoms with van der Waals surface area (Å²) in [5.74, 6) is 1.63. The fraction of sp³-hybridized carbons (Fsp3) is 0.560. The summed E-state index contributed by atoms with van der Waals surface area (Å²) in [5, 5.41) is 9.95. The summed E-state index contributed by atoms with van der Waals surface area (Å²) in [5.41, 5.74) is 2.47.